The van der Waals surface area contributed by atoms with Gasteiger partial charge in [0.25, 0.3) is 5.91 Å². The molecule has 0 unspecified atom stereocenters. The maximum Gasteiger partial charge on any atom is 0.263 e. The molecule has 1 aromatic carbocycles. The first kappa shape index (κ1) is 16.7. The first-order chi connectivity index (χ1) is 9.88. The molecule has 0 aromatic heterocycles. The second-order valence-electron chi connectivity index (χ2n) is 4.14. The molecular formula is C13H16N4O3S. The Kier molecular flexibility index (Phi) is 5.90. The molecule has 0 fully saturated rings. The predicted octanol–water partition coefficient (Wildman–Crippen LogP) is 0.680. The SMILES string of the molecule is CCCNC(=O)/C(C#N)=C\Nc1ccc(S(N)(=O)=O)cc1. The van der Waals surface area contributed by atoms with E-state index in [0.717, 1.165) is 6.42 Å². The van der Waals surface area contributed by atoms with Gasteiger partial charge in [0.2, 0.25) is 10.0 Å². The molecule has 4 N–H and O–H groups in total. The van der Waals surface area contributed by atoms with Gasteiger partial charge >= 0.3 is 0 Å². The predicted molar refractivity (Wildman–Crippen MR) is 78.4 cm³/mol. The largest absolute Gasteiger partial charge is 0.360 e. The third-order valence-corrected chi connectivity index (χ3v) is 3.40. The van der Waals surface area contributed by atoms with Crippen molar-refractivity contribution in [2.45, 2.75) is 18.2 Å². The summed E-state index contributed by atoms with van der Waals surface area (Å²) >= 11 is 0. The Balaban J connectivity index is 2.79. The number of nitrogens with one attached hydrogen (secondary N) is 2. The van der Waals surface area contributed by atoms with Crippen LogP contribution in [-0.4, -0.2) is 20.9 Å². The summed E-state index contributed by atoms with van der Waals surface area (Å²) < 4.78 is 22.2. The molecule has 7 nitrogen and oxygen atoms in total. The van der Waals surface area contributed by atoms with E-state index < -0.39 is 15.9 Å². The molecule has 0 aliphatic heterocycles. The molecule has 112 valence electrons. The number of amides is 1. The van der Waals surface area contributed by atoms with Gasteiger partial charge in [0.15, 0.2) is 0 Å². The fraction of sp³-hybridized carbons (Fsp3) is 0.231. The molecule has 0 saturated carbocycles. The van der Waals surface area contributed by atoms with E-state index in [2.05, 4.69) is 10.6 Å². The lowest BCUT2D eigenvalue weighted by Crippen LogP contribution is -2.25. The van der Waals surface area contributed by atoms with Crippen LogP contribution in [0.3, 0.4) is 0 Å². The lowest BCUT2D eigenvalue weighted by Gasteiger charge is -2.04. The minimum Gasteiger partial charge on any atom is -0.360 e. The molecule has 21 heavy (non-hydrogen) atoms. The number of primary sulfonamides is 1. The number of benzene rings is 1. The number of hydrogen-bond donors (Lipinski definition) is 3. The first-order valence-corrected chi connectivity index (χ1v) is 7.71. The van der Waals surface area contributed by atoms with E-state index in [4.69, 9.17) is 10.4 Å². The van der Waals surface area contributed by atoms with Crippen molar-refractivity contribution in [2.75, 3.05) is 11.9 Å². The summed E-state index contributed by atoms with van der Waals surface area (Å²) in [7, 11) is -3.74. The second kappa shape index (κ2) is 7.42. The van der Waals surface area contributed by atoms with Crippen molar-refractivity contribution >= 4 is 21.6 Å². The Labute approximate surface area is 123 Å². The Hall–Kier alpha value is -2.37. The average molecular weight is 308 g/mol. The van der Waals surface area contributed by atoms with Crippen LogP contribution in [0.1, 0.15) is 13.3 Å². The van der Waals surface area contributed by atoms with Crippen molar-refractivity contribution in [1.29, 1.82) is 5.26 Å². The van der Waals surface area contributed by atoms with E-state index in [1.165, 1.54) is 30.5 Å². The minimum absolute atomic E-state index is 0.0155. The molecule has 8 heteroatoms. The van der Waals surface area contributed by atoms with Gasteiger partial charge in [-0.2, -0.15) is 5.26 Å². The molecule has 0 atom stereocenters. The summed E-state index contributed by atoms with van der Waals surface area (Å²) in [5.41, 5.74) is 0.456. The fourth-order valence-corrected chi connectivity index (χ4v) is 1.89. The Morgan fingerprint density at radius 3 is 2.48 bits per heavy atom. The van der Waals surface area contributed by atoms with Gasteiger partial charge < -0.3 is 10.6 Å². The monoisotopic (exact) mass is 308 g/mol. The zero-order valence-corrected chi connectivity index (χ0v) is 12.3. The van der Waals surface area contributed by atoms with Gasteiger partial charge in [-0.1, -0.05) is 6.92 Å². The number of anilines is 1. The number of nitrogens with two attached hydrogens (primary N) is 1. The average Bonchev–Trinajstić information content (AvgIpc) is 2.45. The summed E-state index contributed by atoms with van der Waals surface area (Å²) in [5.74, 6) is -0.465. The quantitative estimate of drug-likeness (QED) is 0.526. The van der Waals surface area contributed by atoms with E-state index in [9.17, 15) is 13.2 Å². The molecule has 0 radical (unpaired) electrons. The van der Waals surface area contributed by atoms with Gasteiger partial charge in [-0.15, -0.1) is 0 Å². The normalized spacial score (nSPS) is 11.6. The van der Waals surface area contributed by atoms with E-state index in [1.54, 1.807) is 6.07 Å². The zero-order valence-electron chi connectivity index (χ0n) is 11.5. The summed E-state index contributed by atoms with van der Waals surface area (Å²) in [6.45, 7) is 2.39. The summed E-state index contributed by atoms with van der Waals surface area (Å²) in [6, 6.07) is 7.41. The molecule has 0 spiro atoms. The Morgan fingerprint density at radius 2 is 2.00 bits per heavy atom. The number of sulfonamides is 1. The maximum absolute atomic E-state index is 11.6. The number of carbonyl (C=O) groups is 1. The van der Waals surface area contributed by atoms with Crippen molar-refractivity contribution in [3.63, 3.8) is 0 Å². The smallest absolute Gasteiger partial charge is 0.263 e. The van der Waals surface area contributed by atoms with Crippen LogP contribution in [-0.2, 0) is 14.8 Å². The van der Waals surface area contributed by atoms with Crippen molar-refractivity contribution in [3.8, 4) is 6.07 Å². The lowest BCUT2D eigenvalue weighted by molar-refractivity contribution is -0.117. The van der Waals surface area contributed by atoms with Crippen LogP contribution in [0.25, 0.3) is 0 Å². The van der Waals surface area contributed by atoms with E-state index in [0.29, 0.717) is 12.2 Å². The molecule has 1 amide bonds. The number of rotatable bonds is 6. The summed E-state index contributed by atoms with van der Waals surface area (Å²) in [6.07, 6.45) is 2.03. The van der Waals surface area contributed by atoms with Crippen LogP contribution in [0.15, 0.2) is 40.9 Å². The Bertz CT molecular complexity index is 672. The van der Waals surface area contributed by atoms with Gasteiger partial charge in [-0.05, 0) is 30.7 Å². The van der Waals surface area contributed by atoms with Gasteiger partial charge in [-0.3, -0.25) is 4.79 Å². The van der Waals surface area contributed by atoms with Crippen LogP contribution in [0.5, 0.6) is 0 Å². The molecule has 1 rings (SSSR count). The van der Waals surface area contributed by atoms with Gasteiger partial charge in [0.05, 0.1) is 4.90 Å². The molecule has 0 bridgehead atoms. The van der Waals surface area contributed by atoms with Crippen molar-refractivity contribution in [1.82, 2.24) is 5.32 Å². The summed E-state index contributed by atoms with van der Waals surface area (Å²) in [4.78, 5) is 11.6. The molecular weight excluding hydrogens is 292 g/mol. The lowest BCUT2D eigenvalue weighted by atomic mass is 10.2. The zero-order chi connectivity index (χ0) is 15.9. The van der Waals surface area contributed by atoms with E-state index in [1.807, 2.05) is 6.92 Å². The van der Waals surface area contributed by atoms with Crippen molar-refractivity contribution in [2.24, 2.45) is 5.14 Å². The highest BCUT2D eigenvalue weighted by atomic mass is 32.2. The first-order valence-electron chi connectivity index (χ1n) is 6.16. The van der Waals surface area contributed by atoms with Crippen LogP contribution in [0, 0.1) is 11.3 Å². The van der Waals surface area contributed by atoms with Crippen LogP contribution in [0.4, 0.5) is 5.69 Å². The highest BCUT2D eigenvalue weighted by Crippen LogP contribution is 2.13. The van der Waals surface area contributed by atoms with Crippen LogP contribution < -0.4 is 15.8 Å². The third kappa shape index (κ3) is 5.25. The van der Waals surface area contributed by atoms with Gasteiger partial charge in [0, 0.05) is 18.4 Å². The van der Waals surface area contributed by atoms with E-state index >= 15 is 0 Å². The maximum atomic E-state index is 11.6. The number of carbonyl (C=O) groups excluding carboxylic acids is 1. The van der Waals surface area contributed by atoms with Gasteiger partial charge in [0.1, 0.15) is 11.6 Å². The van der Waals surface area contributed by atoms with Crippen LogP contribution >= 0.6 is 0 Å². The number of nitrogens with zero attached hydrogens (tertiary/aromatic N) is 1. The molecule has 0 aliphatic carbocycles. The second-order valence-corrected chi connectivity index (χ2v) is 5.70. The van der Waals surface area contributed by atoms with Gasteiger partial charge in [-0.25, -0.2) is 13.6 Å². The highest BCUT2D eigenvalue weighted by Gasteiger charge is 2.08. The highest BCUT2D eigenvalue weighted by molar-refractivity contribution is 7.89. The van der Waals surface area contributed by atoms with Crippen molar-refractivity contribution < 1.29 is 13.2 Å². The Morgan fingerprint density at radius 1 is 1.38 bits per heavy atom. The van der Waals surface area contributed by atoms with E-state index in [-0.39, 0.29) is 10.5 Å². The van der Waals surface area contributed by atoms with Crippen molar-refractivity contribution in [3.05, 3.63) is 36.0 Å². The molecule has 0 heterocycles. The standard InChI is InChI=1S/C13H16N4O3S/c1-2-7-16-13(18)10(8-14)9-17-11-3-5-12(6-4-11)21(15,19)20/h3-6,9,17H,2,7H2,1H3,(H,16,18)(H2,15,19,20)/b10-9-. The molecule has 0 saturated heterocycles. The van der Waals surface area contributed by atoms with Crippen LogP contribution in [0.2, 0.25) is 0 Å². The molecule has 0 aliphatic rings. The third-order valence-electron chi connectivity index (χ3n) is 2.47. The summed E-state index contributed by atoms with van der Waals surface area (Å²) in [5, 5.41) is 19.2. The number of hydrogen-bond acceptors (Lipinski definition) is 5. The topological polar surface area (TPSA) is 125 Å². The molecule has 1 aromatic rings. The minimum atomic E-state index is -3.74. The number of nitriles is 1. The fourth-order valence-electron chi connectivity index (χ4n) is 1.38.